The van der Waals surface area contributed by atoms with Gasteiger partial charge in [-0.3, -0.25) is 4.98 Å². The van der Waals surface area contributed by atoms with Crippen LogP contribution in [-0.4, -0.2) is 25.2 Å². The van der Waals surface area contributed by atoms with E-state index in [1.54, 1.807) is 12.4 Å². The van der Waals surface area contributed by atoms with Crippen LogP contribution in [0.25, 0.3) is 0 Å². The molecule has 0 fully saturated rings. The molecule has 0 saturated heterocycles. The number of ether oxygens (including phenoxy) is 1. The Bertz CT molecular complexity index is 259. The fourth-order valence-corrected chi connectivity index (χ4v) is 1.24. The molecule has 1 rings (SSSR count). The first-order chi connectivity index (χ1) is 6.64. The normalized spacial score (nSPS) is 11.4. The van der Waals surface area contributed by atoms with Crippen molar-refractivity contribution < 1.29 is 4.74 Å². The van der Waals surface area contributed by atoms with Crippen LogP contribution in [0, 0.1) is 5.41 Å². The molecule has 0 atom stereocenters. The molecule has 3 nitrogen and oxygen atoms in total. The number of aromatic nitrogens is 1. The Morgan fingerprint density at radius 2 is 2.29 bits per heavy atom. The number of hydrogen-bond acceptors (Lipinski definition) is 3. The Morgan fingerprint density at radius 1 is 1.50 bits per heavy atom. The average Bonchev–Trinajstić information content (AvgIpc) is 2.17. The summed E-state index contributed by atoms with van der Waals surface area (Å²) in [5.41, 5.74) is 0.143. The van der Waals surface area contributed by atoms with Gasteiger partial charge in [-0.15, -0.1) is 0 Å². The molecule has 0 aromatic carbocycles. The van der Waals surface area contributed by atoms with Crippen molar-refractivity contribution in [2.45, 2.75) is 13.8 Å². The van der Waals surface area contributed by atoms with E-state index in [4.69, 9.17) is 4.74 Å². The van der Waals surface area contributed by atoms with Crippen molar-refractivity contribution >= 4 is 0 Å². The molecule has 0 aliphatic rings. The Balaban J connectivity index is 2.40. The third-order valence-electron chi connectivity index (χ3n) is 1.92. The van der Waals surface area contributed by atoms with Gasteiger partial charge in [0.1, 0.15) is 5.75 Å². The lowest BCUT2D eigenvalue weighted by molar-refractivity contribution is 0.178. The van der Waals surface area contributed by atoms with Crippen molar-refractivity contribution in [3.63, 3.8) is 0 Å². The molecular formula is C11H18N2O. The van der Waals surface area contributed by atoms with E-state index in [-0.39, 0.29) is 5.41 Å². The molecule has 0 saturated carbocycles. The van der Waals surface area contributed by atoms with Gasteiger partial charge in [0, 0.05) is 18.2 Å². The van der Waals surface area contributed by atoms with Crippen LogP contribution in [0.1, 0.15) is 13.8 Å². The molecule has 0 aliphatic heterocycles. The average molecular weight is 194 g/mol. The van der Waals surface area contributed by atoms with Crippen LogP contribution in [0.3, 0.4) is 0 Å². The van der Waals surface area contributed by atoms with E-state index in [1.807, 2.05) is 19.2 Å². The van der Waals surface area contributed by atoms with Gasteiger partial charge >= 0.3 is 0 Å². The largest absolute Gasteiger partial charge is 0.491 e. The summed E-state index contributed by atoms with van der Waals surface area (Å²) in [6.45, 7) is 5.96. The molecule has 14 heavy (non-hydrogen) atoms. The van der Waals surface area contributed by atoms with Gasteiger partial charge in [-0.25, -0.2) is 0 Å². The van der Waals surface area contributed by atoms with Crippen molar-refractivity contribution in [3.05, 3.63) is 24.5 Å². The Hall–Kier alpha value is -1.09. The minimum Gasteiger partial charge on any atom is -0.491 e. The predicted molar refractivity (Wildman–Crippen MR) is 57.4 cm³/mol. The number of hydrogen-bond donors (Lipinski definition) is 1. The highest BCUT2D eigenvalue weighted by molar-refractivity contribution is 5.15. The highest BCUT2D eigenvalue weighted by atomic mass is 16.5. The summed E-state index contributed by atoms with van der Waals surface area (Å²) in [5.74, 6) is 0.830. The Morgan fingerprint density at radius 3 is 2.86 bits per heavy atom. The van der Waals surface area contributed by atoms with E-state index in [9.17, 15) is 0 Å². The molecule has 1 heterocycles. The zero-order chi connectivity index (χ0) is 10.4. The van der Waals surface area contributed by atoms with E-state index >= 15 is 0 Å². The van der Waals surface area contributed by atoms with Crippen LogP contribution < -0.4 is 10.1 Å². The van der Waals surface area contributed by atoms with Crippen LogP contribution in [0.4, 0.5) is 0 Å². The monoisotopic (exact) mass is 194 g/mol. The van der Waals surface area contributed by atoms with Gasteiger partial charge in [0.2, 0.25) is 0 Å². The first-order valence-corrected chi connectivity index (χ1v) is 4.81. The molecule has 0 unspecified atom stereocenters. The molecule has 0 spiro atoms. The van der Waals surface area contributed by atoms with Gasteiger partial charge in [0.25, 0.3) is 0 Å². The second-order valence-corrected chi connectivity index (χ2v) is 4.17. The molecule has 3 heteroatoms. The summed E-state index contributed by atoms with van der Waals surface area (Å²) in [5, 5.41) is 3.15. The van der Waals surface area contributed by atoms with Crippen LogP contribution >= 0.6 is 0 Å². The highest BCUT2D eigenvalue weighted by Gasteiger charge is 2.17. The topological polar surface area (TPSA) is 34.1 Å². The van der Waals surface area contributed by atoms with Crippen LogP contribution in [-0.2, 0) is 0 Å². The molecule has 0 amide bonds. The molecule has 0 aliphatic carbocycles. The van der Waals surface area contributed by atoms with Gasteiger partial charge < -0.3 is 10.1 Å². The summed E-state index contributed by atoms with van der Waals surface area (Å²) in [4.78, 5) is 3.99. The zero-order valence-electron chi connectivity index (χ0n) is 9.08. The van der Waals surface area contributed by atoms with Crippen LogP contribution in [0.5, 0.6) is 5.75 Å². The van der Waals surface area contributed by atoms with E-state index in [0.717, 1.165) is 12.3 Å². The second-order valence-electron chi connectivity index (χ2n) is 4.17. The summed E-state index contributed by atoms with van der Waals surface area (Å²) in [6.07, 6.45) is 3.47. The minimum atomic E-state index is 0.143. The van der Waals surface area contributed by atoms with Gasteiger partial charge in [-0.2, -0.15) is 0 Å². The smallest absolute Gasteiger partial charge is 0.137 e. The first-order valence-electron chi connectivity index (χ1n) is 4.81. The van der Waals surface area contributed by atoms with Gasteiger partial charge in [0.15, 0.2) is 0 Å². The van der Waals surface area contributed by atoms with Crippen LogP contribution in [0.2, 0.25) is 0 Å². The third kappa shape index (κ3) is 3.75. The van der Waals surface area contributed by atoms with Gasteiger partial charge in [-0.1, -0.05) is 13.8 Å². The maximum absolute atomic E-state index is 5.62. The van der Waals surface area contributed by atoms with E-state index < -0.39 is 0 Å². The SMILES string of the molecule is CNCC(C)(C)COc1cccnc1. The minimum absolute atomic E-state index is 0.143. The van der Waals surface area contributed by atoms with E-state index in [2.05, 4.69) is 24.1 Å². The molecule has 1 N–H and O–H groups in total. The number of nitrogens with zero attached hydrogens (tertiary/aromatic N) is 1. The molecular weight excluding hydrogens is 176 g/mol. The Kier molecular flexibility index (Phi) is 3.89. The third-order valence-corrected chi connectivity index (χ3v) is 1.92. The lowest BCUT2D eigenvalue weighted by Gasteiger charge is -2.24. The standard InChI is InChI=1S/C11H18N2O/c1-11(2,8-12-3)9-14-10-5-4-6-13-7-10/h4-7,12H,8-9H2,1-3H3. The summed E-state index contributed by atoms with van der Waals surface area (Å²) >= 11 is 0. The fraction of sp³-hybridized carbons (Fsp3) is 0.545. The maximum Gasteiger partial charge on any atom is 0.137 e. The summed E-state index contributed by atoms with van der Waals surface area (Å²) < 4.78 is 5.62. The lowest BCUT2D eigenvalue weighted by atomic mass is 9.95. The van der Waals surface area contributed by atoms with Crippen LogP contribution in [0.15, 0.2) is 24.5 Å². The predicted octanol–water partition coefficient (Wildman–Crippen LogP) is 1.71. The van der Waals surface area contributed by atoms with Crippen molar-refractivity contribution in [1.82, 2.24) is 10.3 Å². The fourth-order valence-electron chi connectivity index (χ4n) is 1.24. The molecule has 1 aromatic rings. The first kappa shape index (κ1) is 11.0. The number of rotatable bonds is 5. The van der Waals surface area contributed by atoms with Gasteiger partial charge in [-0.05, 0) is 19.2 Å². The summed E-state index contributed by atoms with van der Waals surface area (Å²) in [6, 6.07) is 3.79. The zero-order valence-corrected chi connectivity index (χ0v) is 9.08. The number of nitrogens with one attached hydrogen (secondary N) is 1. The molecule has 0 radical (unpaired) electrons. The lowest BCUT2D eigenvalue weighted by Crippen LogP contribution is -2.32. The quantitative estimate of drug-likeness (QED) is 0.774. The molecule has 1 aromatic heterocycles. The van der Waals surface area contributed by atoms with Crippen molar-refractivity contribution in [1.29, 1.82) is 0 Å². The molecule has 0 bridgehead atoms. The summed E-state index contributed by atoms with van der Waals surface area (Å²) in [7, 11) is 1.95. The van der Waals surface area contributed by atoms with Gasteiger partial charge in [0.05, 0.1) is 12.8 Å². The number of pyridine rings is 1. The highest BCUT2D eigenvalue weighted by Crippen LogP contribution is 2.16. The Labute approximate surface area is 85.5 Å². The van der Waals surface area contributed by atoms with E-state index in [1.165, 1.54) is 0 Å². The maximum atomic E-state index is 5.62. The second kappa shape index (κ2) is 4.96. The van der Waals surface area contributed by atoms with Crippen molar-refractivity contribution in [2.24, 2.45) is 5.41 Å². The van der Waals surface area contributed by atoms with Crippen molar-refractivity contribution in [2.75, 3.05) is 20.2 Å². The molecule has 78 valence electrons. The van der Waals surface area contributed by atoms with E-state index in [0.29, 0.717) is 6.61 Å². The van der Waals surface area contributed by atoms with Crippen molar-refractivity contribution in [3.8, 4) is 5.75 Å².